The average Bonchev–Trinajstić information content (AvgIpc) is 3.56. The molecule has 0 aromatic heterocycles. The molecule has 1 heterocycles. The molecule has 1 aliphatic heterocycles. The highest BCUT2D eigenvalue weighted by Crippen LogP contribution is 2.30. The highest BCUT2D eigenvalue weighted by atomic mass is 16.5. The van der Waals surface area contributed by atoms with Crippen LogP contribution in [0.2, 0.25) is 0 Å². The molecule has 29 heavy (non-hydrogen) atoms. The van der Waals surface area contributed by atoms with Crippen LogP contribution >= 0.6 is 0 Å². The topological polar surface area (TPSA) is 66.9 Å². The lowest BCUT2D eigenvalue weighted by Gasteiger charge is -2.23. The van der Waals surface area contributed by atoms with E-state index in [1.54, 1.807) is 31.4 Å². The highest BCUT2D eigenvalue weighted by Gasteiger charge is 2.35. The maximum Gasteiger partial charge on any atom is 0.261 e. The fourth-order valence-corrected chi connectivity index (χ4v) is 3.71. The summed E-state index contributed by atoms with van der Waals surface area (Å²) in [5.41, 5.74) is 1.96. The number of ether oxygens (including phenoxy) is 1. The molecular formula is C23H24N2O4. The molecule has 1 fully saturated rings. The van der Waals surface area contributed by atoms with Gasteiger partial charge in [-0.3, -0.25) is 19.3 Å². The van der Waals surface area contributed by atoms with Crippen molar-refractivity contribution in [2.24, 2.45) is 0 Å². The summed E-state index contributed by atoms with van der Waals surface area (Å²) in [4.78, 5) is 40.8. The quantitative estimate of drug-likeness (QED) is 0.647. The number of carbonyl (C=O) groups is 3. The maximum atomic E-state index is 12.8. The maximum absolute atomic E-state index is 12.8. The monoisotopic (exact) mass is 392 g/mol. The summed E-state index contributed by atoms with van der Waals surface area (Å²) in [7, 11) is 1.63. The van der Waals surface area contributed by atoms with E-state index < -0.39 is 0 Å². The molecule has 3 amide bonds. The lowest BCUT2D eigenvalue weighted by molar-refractivity contribution is -0.132. The van der Waals surface area contributed by atoms with Crippen LogP contribution < -0.4 is 4.74 Å². The number of imide groups is 1. The standard InChI is InChI=1S/C23H24N2O4/c1-29-18-12-8-16(9-13-18)15-25(17-10-11-17)21(26)7-4-14-24-22(27)19-5-2-3-6-20(19)23(24)28/h2-3,5-6,8-9,12-13,17H,4,7,10-11,14-15H2,1H3. The normalized spacial score (nSPS) is 15.4. The summed E-state index contributed by atoms with van der Waals surface area (Å²) in [5.74, 6) is 0.324. The van der Waals surface area contributed by atoms with Gasteiger partial charge in [-0.15, -0.1) is 0 Å². The van der Waals surface area contributed by atoms with Crippen molar-refractivity contribution in [3.05, 3.63) is 65.2 Å². The molecular weight excluding hydrogens is 368 g/mol. The number of nitrogens with zero attached hydrogens (tertiary/aromatic N) is 2. The molecule has 0 spiro atoms. The number of benzene rings is 2. The van der Waals surface area contributed by atoms with Gasteiger partial charge in [0.25, 0.3) is 11.8 Å². The van der Waals surface area contributed by atoms with E-state index in [0.29, 0.717) is 36.6 Å². The van der Waals surface area contributed by atoms with Gasteiger partial charge < -0.3 is 9.64 Å². The van der Waals surface area contributed by atoms with Gasteiger partial charge in [0.05, 0.1) is 18.2 Å². The van der Waals surface area contributed by atoms with E-state index >= 15 is 0 Å². The molecule has 1 saturated carbocycles. The van der Waals surface area contributed by atoms with Gasteiger partial charge in [-0.2, -0.15) is 0 Å². The predicted octanol–water partition coefficient (Wildman–Crippen LogP) is 3.26. The van der Waals surface area contributed by atoms with Crippen LogP contribution in [0.25, 0.3) is 0 Å². The second-order valence-electron chi connectivity index (χ2n) is 7.51. The molecule has 150 valence electrons. The van der Waals surface area contributed by atoms with Gasteiger partial charge in [0.1, 0.15) is 5.75 Å². The van der Waals surface area contributed by atoms with Gasteiger partial charge in [-0.1, -0.05) is 24.3 Å². The van der Waals surface area contributed by atoms with Crippen molar-refractivity contribution < 1.29 is 19.1 Å². The first-order chi connectivity index (χ1) is 14.1. The molecule has 2 aromatic carbocycles. The number of fused-ring (bicyclic) bond motifs is 1. The van der Waals surface area contributed by atoms with Gasteiger partial charge in [-0.05, 0) is 49.1 Å². The first kappa shape index (κ1) is 19.2. The van der Waals surface area contributed by atoms with Crippen LogP contribution in [0.5, 0.6) is 5.75 Å². The molecule has 0 radical (unpaired) electrons. The van der Waals surface area contributed by atoms with E-state index in [9.17, 15) is 14.4 Å². The van der Waals surface area contributed by atoms with Gasteiger partial charge in [0, 0.05) is 25.6 Å². The molecule has 0 bridgehead atoms. The predicted molar refractivity (Wildman–Crippen MR) is 108 cm³/mol. The Bertz CT molecular complexity index is 899. The minimum absolute atomic E-state index is 0.0694. The van der Waals surface area contributed by atoms with E-state index in [4.69, 9.17) is 4.74 Å². The molecule has 0 atom stereocenters. The molecule has 2 aromatic rings. The molecule has 6 heteroatoms. The fourth-order valence-electron chi connectivity index (χ4n) is 3.71. The zero-order chi connectivity index (χ0) is 20.4. The van der Waals surface area contributed by atoms with Gasteiger partial charge >= 0.3 is 0 Å². The van der Waals surface area contributed by atoms with Gasteiger partial charge in [-0.25, -0.2) is 0 Å². The zero-order valence-electron chi connectivity index (χ0n) is 16.5. The van der Waals surface area contributed by atoms with Gasteiger partial charge in [0.2, 0.25) is 5.91 Å². The van der Waals surface area contributed by atoms with E-state index in [-0.39, 0.29) is 24.3 Å². The number of hydrogen-bond acceptors (Lipinski definition) is 4. The van der Waals surface area contributed by atoms with Crippen LogP contribution in [-0.4, -0.2) is 47.2 Å². The third kappa shape index (κ3) is 4.01. The van der Waals surface area contributed by atoms with E-state index in [0.717, 1.165) is 24.2 Å². The Morgan fingerprint density at radius 3 is 2.21 bits per heavy atom. The van der Waals surface area contributed by atoms with E-state index in [2.05, 4.69) is 0 Å². The molecule has 2 aliphatic rings. The number of rotatable bonds is 8. The minimum atomic E-state index is -0.268. The fraction of sp³-hybridized carbons (Fsp3) is 0.348. The van der Waals surface area contributed by atoms with Crippen molar-refractivity contribution >= 4 is 17.7 Å². The lowest BCUT2D eigenvalue weighted by atomic mass is 10.1. The van der Waals surface area contributed by atoms with Crippen LogP contribution in [-0.2, 0) is 11.3 Å². The Morgan fingerprint density at radius 2 is 1.66 bits per heavy atom. The van der Waals surface area contributed by atoms with Crippen LogP contribution in [0.15, 0.2) is 48.5 Å². The van der Waals surface area contributed by atoms with Crippen LogP contribution in [0, 0.1) is 0 Å². The molecule has 0 unspecified atom stereocenters. The first-order valence-electron chi connectivity index (χ1n) is 9.96. The Labute approximate surface area is 170 Å². The minimum Gasteiger partial charge on any atom is -0.497 e. The van der Waals surface area contributed by atoms with Crippen molar-refractivity contribution in [2.75, 3.05) is 13.7 Å². The lowest BCUT2D eigenvalue weighted by Crippen LogP contribution is -2.34. The number of methoxy groups -OCH3 is 1. The Balaban J connectivity index is 1.33. The number of carbonyl (C=O) groups excluding carboxylic acids is 3. The first-order valence-corrected chi connectivity index (χ1v) is 9.96. The third-order valence-electron chi connectivity index (χ3n) is 5.47. The second-order valence-corrected chi connectivity index (χ2v) is 7.51. The number of hydrogen-bond donors (Lipinski definition) is 0. The summed E-state index contributed by atoms with van der Waals surface area (Å²) in [5, 5.41) is 0. The Kier molecular flexibility index (Phi) is 5.34. The largest absolute Gasteiger partial charge is 0.497 e. The second kappa shape index (κ2) is 8.07. The average molecular weight is 392 g/mol. The van der Waals surface area contributed by atoms with Crippen molar-refractivity contribution in [1.82, 2.24) is 9.80 Å². The van der Waals surface area contributed by atoms with Crippen LogP contribution in [0.4, 0.5) is 0 Å². The summed E-state index contributed by atoms with van der Waals surface area (Å²) < 4.78 is 5.18. The van der Waals surface area contributed by atoms with Crippen molar-refractivity contribution in [3.63, 3.8) is 0 Å². The highest BCUT2D eigenvalue weighted by molar-refractivity contribution is 6.21. The van der Waals surface area contributed by atoms with E-state index in [1.807, 2.05) is 29.2 Å². The molecule has 4 rings (SSSR count). The Morgan fingerprint density at radius 1 is 1.03 bits per heavy atom. The van der Waals surface area contributed by atoms with Crippen LogP contribution in [0.1, 0.15) is 52.0 Å². The summed E-state index contributed by atoms with van der Waals surface area (Å²) >= 11 is 0. The molecule has 1 aliphatic carbocycles. The SMILES string of the molecule is COc1ccc(CN(C(=O)CCCN2C(=O)c3ccccc3C2=O)C2CC2)cc1. The summed E-state index contributed by atoms with van der Waals surface area (Å²) in [6.07, 6.45) is 2.84. The zero-order valence-corrected chi connectivity index (χ0v) is 16.5. The smallest absolute Gasteiger partial charge is 0.261 e. The van der Waals surface area contributed by atoms with Gasteiger partial charge in [0.15, 0.2) is 0 Å². The number of amides is 3. The summed E-state index contributed by atoms with van der Waals surface area (Å²) in [6.45, 7) is 0.833. The molecule has 0 saturated heterocycles. The summed E-state index contributed by atoms with van der Waals surface area (Å²) in [6, 6.07) is 14.9. The van der Waals surface area contributed by atoms with E-state index in [1.165, 1.54) is 4.90 Å². The van der Waals surface area contributed by atoms with Crippen molar-refractivity contribution in [2.45, 2.75) is 38.3 Å². The Hall–Kier alpha value is -3.15. The van der Waals surface area contributed by atoms with Crippen LogP contribution in [0.3, 0.4) is 0 Å². The molecule has 0 N–H and O–H groups in total. The van der Waals surface area contributed by atoms with Crippen molar-refractivity contribution in [3.8, 4) is 5.75 Å². The van der Waals surface area contributed by atoms with Crippen molar-refractivity contribution in [1.29, 1.82) is 0 Å². The molecule has 6 nitrogen and oxygen atoms in total. The third-order valence-corrected chi connectivity index (χ3v) is 5.47.